The number of carboxylic acids is 3. The number of pyridine rings is 1. The summed E-state index contributed by atoms with van der Waals surface area (Å²) in [5.41, 5.74) is -0.892. The monoisotopic (exact) mass is 516 g/mol. The van der Waals surface area contributed by atoms with E-state index in [4.69, 9.17) is 25.2 Å². The molecular formula is C26H32N2O9. The van der Waals surface area contributed by atoms with Crippen molar-refractivity contribution in [3.63, 3.8) is 0 Å². The van der Waals surface area contributed by atoms with Gasteiger partial charge in [0.2, 0.25) is 0 Å². The number of nitrogens with zero attached hydrogens (tertiary/aromatic N) is 2. The highest BCUT2D eigenvalue weighted by atomic mass is 16.5. The Bertz CT molecular complexity index is 1150. The van der Waals surface area contributed by atoms with Gasteiger partial charge in [-0.15, -0.1) is 6.58 Å². The Morgan fingerprint density at radius 3 is 2.41 bits per heavy atom. The number of aromatic nitrogens is 1. The van der Waals surface area contributed by atoms with Gasteiger partial charge in [0.1, 0.15) is 5.75 Å². The van der Waals surface area contributed by atoms with Crippen LogP contribution in [-0.4, -0.2) is 85.2 Å². The fourth-order valence-corrected chi connectivity index (χ4v) is 5.16. The van der Waals surface area contributed by atoms with Gasteiger partial charge in [-0.3, -0.25) is 19.5 Å². The molecule has 3 saturated heterocycles. The Labute approximate surface area is 213 Å². The van der Waals surface area contributed by atoms with Crippen LogP contribution in [0.25, 0.3) is 10.9 Å². The number of carboxylic acid groups (broad SMARTS) is 3. The number of hydrogen-bond acceptors (Lipinski definition) is 8. The largest absolute Gasteiger partial charge is 0.497 e. The van der Waals surface area contributed by atoms with Crippen LogP contribution in [0.4, 0.5) is 0 Å². The van der Waals surface area contributed by atoms with Crippen LogP contribution in [0.2, 0.25) is 0 Å². The third-order valence-electron chi connectivity index (χ3n) is 7.10. The van der Waals surface area contributed by atoms with E-state index in [9.17, 15) is 19.5 Å². The molecule has 11 heteroatoms. The molecule has 200 valence electrons. The third-order valence-corrected chi connectivity index (χ3v) is 7.10. The molecule has 0 saturated carbocycles. The molecule has 0 spiro atoms. The van der Waals surface area contributed by atoms with E-state index in [0.717, 1.165) is 41.7 Å². The van der Waals surface area contributed by atoms with Crippen LogP contribution < -0.4 is 4.74 Å². The first-order valence-electron chi connectivity index (χ1n) is 11.9. The summed E-state index contributed by atoms with van der Waals surface area (Å²) in [6.07, 6.45) is 3.33. The van der Waals surface area contributed by atoms with Crippen molar-refractivity contribution in [2.75, 3.05) is 20.2 Å². The Morgan fingerprint density at radius 2 is 1.89 bits per heavy atom. The Morgan fingerprint density at radius 1 is 1.22 bits per heavy atom. The summed E-state index contributed by atoms with van der Waals surface area (Å²) in [7, 11) is 1.66. The molecule has 5 rings (SSSR count). The average molecular weight is 517 g/mol. The predicted molar refractivity (Wildman–Crippen MR) is 132 cm³/mol. The number of benzene rings is 1. The molecule has 1 aromatic heterocycles. The van der Waals surface area contributed by atoms with Crippen molar-refractivity contribution >= 4 is 28.8 Å². The first kappa shape index (κ1) is 28.0. The predicted octanol–water partition coefficient (Wildman–Crippen LogP) is 1.92. The number of fused-ring (bicyclic) bond motifs is 4. The van der Waals surface area contributed by atoms with Gasteiger partial charge < -0.3 is 30.3 Å². The molecule has 0 aliphatic carbocycles. The summed E-state index contributed by atoms with van der Waals surface area (Å²) in [5, 5.41) is 45.9. The minimum atomic E-state index is -2.74. The van der Waals surface area contributed by atoms with Crippen LogP contribution in [0.5, 0.6) is 5.75 Å². The van der Waals surface area contributed by atoms with E-state index in [1.165, 1.54) is 6.42 Å². The zero-order valence-electron chi connectivity index (χ0n) is 20.5. The van der Waals surface area contributed by atoms with Crippen molar-refractivity contribution in [2.45, 2.75) is 43.4 Å². The number of aliphatic hydroxyl groups excluding tert-OH is 1. The summed E-state index contributed by atoms with van der Waals surface area (Å²) in [6.45, 7) is 6.07. The maximum Gasteiger partial charge on any atom is 0.336 e. The molecule has 1 unspecified atom stereocenters. The number of piperidine rings is 3. The summed E-state index contributed by atoms with van der Waals surface area (Å²) in [6, 6.07) is 7.96. The molecule has 3 aliphatic rings. The SMILES string of the molecule is C=C[C@H]1CN2CC[C@H]1C[C@H]2[C@H](O)c1ccnc2ccc(OC)cc12.O=C(O)CC(O)(CC(=O)O)C(=O)O. The Kier molecular flexibility index (Phi) is 8.85. The van der Waals surface area contributed by atoms with E-state index < -0.39 is 42.5 Å². The van der Waals surface area contributed by atoms with Crippen LogP contribution in [0, 0.1) is 11.8 Å². The van der Waals surface area contributed by atoms with Gasteiger partial charge in [-0.1, -0.05) is 6.08 Å². The molecule has 3 aliphatic heterocycles. The smallest absolute Gasteiger partial charge is 0.336 e. The first-order chi connectivity index (χ1) is 17.5. The second kappa shape index (κ2) is 11.7. The van der Waals surface area contributed by atoms with Crippen molar-refractivity contribution < 1.29 is 44.7 Å². The molecule has 4 heterocycles. The number of aliphatic carboxylic acids is 3. The minimum Gasteiger partial charge on any atom is -0.497 e. The lowest BCUT2D eigenvalue weighted by Gasteiger charge is -2.50. The van der Waals surface area contributed by atoms with Crippen LogP contribution in [0.3, 0.4) is 0 Å². The molecule has 1 aromatic carbocycles. The lowest BCUT2D eigenvalue weighted by Crippen LogP contribution is -2.54. The molecule has 5 atom stereocenters. The van der Waals surface area contributed by atoms with E-state index in [2.05, 4.69) is 22.5 Å². The standard InChI is InChI=1S/C20H24N2O2.C6H8O7/c1-3-13-12-22-9-7-14(13)10-19(22)20(23)16-6-8-21-18-5-4-15(24-2)11-17(16)18;7-3(8)1-6(13,5(11)12)2-4(9)10/h3-6,8,11,13-14,19-20,23H,1,7,9-10,12H2,2H3;13H,1-2H2,(H,7,8)(H,9,10)(H,11,12)/t13-,14-,19-,20+;/m0./s1. The number of ether oxygens (including phenoxy) is 1. The fraction of sp³-hybridized carbons (Fsp3) is 0.462. The lowest BCUT2D eigenvalue weighted by molar-refractivity contribution is -0.170. The van der Waals surface area contributed by atoms with Crippen molar-refractivity contribution in [3.05, 3.63) is 48.7 Å². The molecule has 3 fully saturated rings. The van der Waals surface area contributed by atoms with Gasteiger partial charge >= 0.3 is 17.9 Å². The Hall–Kier alpha value is -3.54. The van der Waals surface area contributed by atoms with Crippen LogP contribution in [-0.2, 0) is 14.4 Å². The summed E-state index contributed by atoms with van der Waals surface area (Å²) in [5.74, 6) is -3.01. The van der Waals surface area contributed by atoms with Gasteiger partial charge in [-0.25, -0.2) is 4.79 Å². The summed E-state index contributed by atoms with van der Waals surface area (Å²) < 4.78 is 5.35. The number of hydrogen-bond donors (Lipinski definition) is 5. The van der Waals surface area contributed by atoms with Crippen LogP contribution in [0.1, 0.15) is 37.4 Å². The fourth-order valence-electron chi connectivity index (χ4n) is 5.16. The molecule has 5 N–H and O–H groups in total. The summed E-state index contributed by atoms with van der Waals surface area (Å²) in [4.78, 5) is 37.3. The normalized spacial score (nSPS) is 23.4. The number of carbonyl (C=O) groups is 3. The molecule has 2 aromatic rings. The quantitative estimate of drug-likeness (QED) is 0.308. The third kappa shape index (κ3) is 6.43. The topological polar surface area (TPSA) is 178 Å². The van der Waals surface area contributed by atoms with Gasteiger partial charge in [-0.05, 0) is 61.1 Å². The van der Waals surface area contributed by atoms with Crippen molar-refractivity contribution in [1.29, 1.82) is 0 Å². The number of aliphatic hydroxyl groups is 2. The lowest BCUT2D eigenvalue weighted by atomic mass is 9.73. The van der Waals surface area contributed by atoms with Gasteiger partial charge in [0, 0.05) is 24.2 Å². The van der Waals surface area contributed by atoms with E-state index in [-0.39, 0.29) is 6.04 Å². The van der Waals surface area contributed by atoms with E-state index >= 15 is 0 Å². The maximum atomic E-state index is 11.2. The molecule has 0 radical (unpaired) electrons. The molecule has 2 bridgehead atoms. The van der Waals surface area contributed by atoms with Gasteiger partial charge in [0.05, 0.1) is 31.6 Å². The number of rotatable bonds is 9. The van der Waals surface area contributed by atoms with Gasteiger partial charge in [-0.2, -0.15) is 0 Å². The van der Waals surface area contributed by atoms with Crippen LogP contribution in [0.15, 0.2) is 43.1 Å². The van der Waals surface area contributed by atoms with Crippen LogP contribution >= 0.6 is 0 Å². The molecule has 11 nitrogen and oxygen atoms in total. The zero-order chi connectivity index (χ0) is 27.3. The highest BCUT2D eigenvalue weighted by Crippen LogP contribution is 2.42. The maximum absolute atomic E-state index is 11.2. The van der Waals surface area contributed by atoms with E-state index in [1.807, 2.05) is 24.3 Å². The van der Waals surface area contributed by atoms with E-state index in [1.54, 1.807) is 13.3 Å². The number of methoxy groups -OCH3 is 1. The average Bonchev–Trinajstić information content (AvgIpc) is 2.87. The van der Waals surface area contributed by atoms with E-state index in [0.29, 0.717) is 11.8 Å². The highest BCUT2D eigenvalue weighted by molar-refractivity contribution is 5.88. The first-order valence-corrected chi connectivity index (χ1v) is 11.9. The van der Waals surface area contributed by atoms with Crippen molar-refractivity contribution in [1.82, 2.24) is 9.88 Å². The van der Waals surface area contributed by atoms with Gasteiger partial charge in [0.15, 0.2) is 5.60 Å². The second-order valence-corrected chi connectivity index (χ2v) is 9.45. The molecule has 37 heavy (non-hydrogen) atoms. The molecule has 0 amide bonds. The van der Waals surface area contributed by atoms with Crippen molar-refractivity contribution in [2.24, 2.45) is 11.8 Å². The summed E-state index contributed by atoms with van der Waals surface area (Å²) >= 11 is 0. The Balaban J connectivity index is 0.000000251. The zero-order valence-corrected chi connectivity index (χ0v) is 20.5. The molecular weight excluding hydrogens is 484 g/mol. The second-order valence-electron chi connectivity index (χ2n) is 9.45. The highest BCUT2D eigenvalue weighted by Gasteiger charge is 2.42. The minimum absolute atomic E-state index is 0.178. The van der Waals surface area contributed by atoms with Gasteiger partial charge in [0.25, 0.3) is 0 Å². The van der Waals surface area contributed by atoms with Crippen molar-refractivity contribution in [3.8, 4) is 5.75 Å².